The van der Waals surface area contributed by atoms with Crippen molar-refractivity contribution in [3.8, 4) is 5.75 Å². The van der Waals surface area contributed by atoms with Gasteiger partial charge < -0.3 is 15.8 Å². The molecule has 1 aromatic rings. The zero-order valence-corrected chi connectivity index (χ0v) is 10.1. The highest BCUT2D eigenvalue weighted by atomic mass is 19.1. The van der Waals surface area contributed by atoms with Gasteiger partial charge in [-0.1, -0.05) is 6.07 Å². The van der Waals surface area contributed by atoms with E-state index in [-0.39, 0.29) is 5.82 Å². The van der Waals surface area contributed by atoms with Crippen LogP contribution < -0.4 is 15.8 Å². The van der Waals surface area contributed by atoms with Gasteiger partial charge in [-0.05, 0) is 49.5 Å². The lowest BCUT2D eigenvalue weighted by Gasteiger charge is -2.18. The molecule has 4 heteroatoms. The van der Waals surface area contributed by atoms with Crippen molar-refractivity contribution >= 4 is 0 Å². The quantitative estimate of drug-likeness (QED) is 0.831. The SMILES string of the molecule is COc1cc(CC2NCCC2CN)ccc1F. The van der Waals surface area contributed by atoms with Gasteiger partial charge in [0.05, 0.1) is 7.11 Å². The molecular weight excluding hydrogens is 219 g/mol. The first-order chi connectivity index (χ1) is 8.24. The summed E-state index contributed by atoms with van der Waals surface area (Å²) in [6.07, 6.45) is 2.00. The van der Waals surface area contributed by atoms with Crippen LogP contribution in [0, 0.1) is 11.7 Å². The Hall–Kier alpha value is -1.13. The van der Waals surface area contributed by atoms with Gasteiger partial charge in [0, 0.05) is 6.04 Å². The smallest absolute Gasteiger partial charge is 0.165 e. The van der Waals surface area contributed by atoms with Crippen molar-refractivity contribution < 1.29 is 9.13 Å². The van der Waals surface area contributed by atoms with E-state index in [1.54, 1.807) is 6.07 Å². The Kier molecular flexibility index (Phi) is 3.97. The number of rotatable bonds is 4. The first-order valence-electron chi connectivity index (χ1n) is 6.00. The van der Waals surface area contributed by atoms with E-state index in [0.29, 0.717) is 24.3 Å². The summed E-state index contributed by atoms with van der Waals surface area (Å²) in [6.45, 7) is 1.72. The molecule has 3 nitrogen and oxygen atoms in total. The number of hydrogen-bond acceptors (Lipinski definition) is 3. The van der Waals surface area contributed by atoms with E-state index in [4.69, 9.17) is 10.5 Å². The predicted octanol–water partition coefficient (Wildman–Crippen LogP) is 1.31. The lowest BCUT2D eigenvalue weighted by atomic mass is 9.95. The number of methoxy groups -OCH3 is 1. The Morgan fingerprint density at radius 1 is 1.53 bits per heavy atom. The van der Waals surface area contributed by atoms with Crippen LogP contribution >= 0.6 is 0 Å². The summed E-state index contributed by atoms with van der Waals surface area (Å²) in [5.41, 5.74) is 6.82. The Bertz CT molecular complexity index is 384. The van der Waals surface area contributed by atoms with Crippen LogP contribution in [0.4, 0.5) is 4.39 Å². The molecular formula is C13H19FN2O. The molecule has 0 saturated carbocycles. The molecule has 0 bridgehead atoms. The largest absolute Gasteiger partial charge is 0.494 e. The summed E-state index contributed by atoms with van der Waals surface area (Å²) in [7, 11) is 1.48. The van der Waals surface area contributed by atoms with Crippen molar-refractivity contribution in [2.24, 2.45) is 11.7 Å². The molecule has 1 saturated heterocycles. The second kappa shape index (κ2) is 5.47. The summed E-state index contributed by atoms with van der Waals surface area (Å²) in [5, 5.41) is 3.44. The van der Waals surface area contributed by atoms with Crippen LogP contribution in [0.1, 0.15) is 12.0 Å². The Balaban J connectivity index is 2.08. The molecule has 0 spiro atoms. The van der Waals surface area contributed by atoms with Crippen molar-refractivity contribution in [3.63, 3.8) is 0 Å². The van der Waals surface area contributed by atoms with E-state index in [2.05, 4.69) is 5.32 Å². The van der Waals surface area contributed by atoms with Crippen LogP contribution in [0.15, 0.2) is 18.2 Å². The van der Waals surface area contributed by atoms with Gasteiger partial charge in [-0.15, -0.1) is 0 Å². The first-order valence-corrected chi connectivity index (χ1v) is 6.00. The molecule has 1 aliphatic rings. The molecule has 1 heterocycles. The second-order valence-corrected chi connectivity index (χ2v) is 4.52. The maximum Gasteiger partial charge on any atom is 0.165 e. The second-order valence-electron chi connectivity index (χ2n) is 4.52. The summed E-state index contributed by atoms with van der Waals surface area (Å²) in [5.74, 6) is 0.516. The lowest BCUT2D eigenvalue weighted by Crippen LogP contribution is -2.33. The van der Waals surface area contributed by atoms with Gasteiger partial charge in [-0.3, -0.25) is 0 Å². The van der Waals surface area contributed by atoms with Crippen LogP contribution in [0.3, 0.4) is 0 Å². The highest BCUT2D eigenvalue weighted by Crippen LogP contribution is 2.22. The molecule has 0 aliphatic carbocycles. The topological polar surface area (TPSA) is 47.3 Å². The fourth-order valence-electron chi connectivity index (χ4n) is 2.43. The Labute approximate surface area is 101 Å². The molecule has 2 unspecified atom stereocenters. The summed E-state index contributed by atoms with van der Waals surface area (Å²) < 4.78 is 18.2. The van der Waals surface area contributed by atoms with Crippen molar-refractivity contribution in [1.29, 1.82) is 0 Å². The maximum absolute atomic E-state index is 13.3. The predicted molar refractivity (Wildman–Crippen MR) is 65.6 cm³/mol. The average Bonchev–Trinajstić information content (AvgIpc) is 2.79. The highest BCUT2D eigenvalue weighted by molar-refractivity contribution is 5.31. The Morgan fingerprint density at radius 2 is 2.35 bits per heavy atom. The zero-order valence-electron chi connectivity index (χ0n) is 10.1. The number of benzene rings is 1. The summed E-state index contributed by atoms with van der Waals surface area (Å²) in [4.78, 5) is 0. The zero-order chi connectivity index (χ0) is 12.3. The van der Waals surface area contributed by atoms with E-state index in [9.17, 15) is 4.39 Å². The number of nitrogens with two attached hydrogens (primary N) is 1. The van der Waals surface area contributed by atoms with E-state index in [0.717, 1.165) is 24.9 Å². The third-order valence-corrected chi connectivity index (χ3v) is 3.46. The molecule has 0 aromatic heterocycles. The molecule has 3 N–H and O–H groups in total. The molecule has 1 fully saturated rings. The minimum atomic E-state index is -0.314. The summed E-state index contributed by atoms with van der Waals surface area (Å²) >= 11 is 0. The molecule has 1 aromatic carbocycles. The third kappa shape index (κ3) is 2.76. The van der Waals surface area contributed by atoms with Gasteiger partial charge in [-0.2, -0.15) is 0 Å². The van der Waals surface area contributed by atoms with Gasteiger partial charge in [-0.25, -0.2) is 4.39 Å². The summed E-state index contributed by atoms with van der Waals surface area (Å²) in [6, 6.07) is 5.43. The fourth-order valence-corrected chi connectivity index (χ4v) is 2.43. The monoisotopic (exact) mass is 238 g/mol. The highest BCUT2D eigenvalue weighted by Gasteiger charge is 2.25. The lowest BCUT2D eigenvalue weighted by molar-refractivity contribution is 0.385. The van der Waals surface area contributed by atoms with Crippen LogP contribution in [0.2, 0.25) is 0 Å². The van der Waals surface area contributed by atoms with E-state index in [1.807, 2.05) is 6.07 Å². The minimum Gasteiger partial charge on any atom is -0.494 e. The molecule has 2 rings (SSSR count). The average molecular weight is 238 g/mol. The number of halogens is 1. The Morgan fingerprint density at radius 3 is 3.06 bits per heavy atom. The van der Waals surface area contributed by atoms with Crippen LogP contribution in [0.5, 0.6) is 5.75 Å². The van der Waals surface area contributed by atoms with Crippen LogP contribution in [-0.2, 0) is 6.42 Å². The van der Waals surface area contributed by atoms with Crippen LogP contribution in [-0.4, -0.2) is 26.2 Å². The standard InChI is InChI=1S/C13H19FN2O/c1-17-13-7-9(2-3-11(13)14)6-12-10(8-15)4-5-16-12/h2-3,7,10,12,16H,4-6,8,15H2,1H3. The normalized spacial score (nSPS) is 23.9. The molecule has 1 aliphatic heterocycles. The van der Waals surface area contributed by atoms with Crippen LogP contribution in [0.25, 0.3) is 0 Å². The number of hydrogen-bond donors (Lipinski definition) is 2. The molecule has 2 atom stereocenters. The fraction of sp³-hybridized carbons (Fsp3) is 0.538. The number of ether oxygens (including phenoxy) is 1. The van der Waals surface area contributed by atoms with Gasteiger partial charge in [0.15, 0.2) is 11.6 Å². The van der Waals surface area contributed by atoms with Crippen molar-refractivity contribution in [1.82, 2.24) is 5.32 Å². The third-order valence-electron chi connectivity index (χ3n) is 3.46. The number of nitrogens with one attached hydrogen (secondary N) is 1. The first kappa shape index (κ1) is 12.3. The molecule has 17 heavy (non-hydrogen) atoms. The van der Waals surface area contributed by atoms with E-state index in [1.165, 1.54) is 13.2 Å². The van der Waals surface area contributed by atoms with Crippen molar-refractivity contribution in [2.45, 2.75) is 18.9 Å². The van der Waals surface area contributed by atoms with Gasteiger partial charge in [0.2, 0.25) is 0 Å². The molecule has 94 valence electrons. The van der Waals surface area contributed by atoms with E-state index < -0.39 is 0 Å². The van der Waals surface area contributed by atoms with Crippen molar-refractivity contribution in [3.05, 3.63) is 29.6 Å². The maximum atomic E-state index is 13.3. The van der Waals surface area contributed by atoms with E-state index >= 15 is 0 Å². The molecule has 0 radical (unpaired) electrons. The van der Waals surface area contributed by atoms with Crippen molar-refractivity contribution in [2.75, 3.05) is 20.2 Å². The minimum absolute atomic E-state index is 0.310. The van der Waals surface area contributed by atoms with Gasteiger partial charge in [0.1, 0.15) is 0 Å². The van der Waals surface area contributed by atoms with Gasteiger partial charge >= 0.3 is 0 Å². The molecule has 0 amide bonds. The van der Waals surface area contributed by atoms with Gasteiger partial charge in [0.25, 0.3) is 0 Å².